The summed E-state index contributed by atoms with van der Waals surface area (Å²) in [5.74, 6) is 1.57. The first-order valence-corrected chi connectivity index (χ1v) is 8.22. The van der Waals surface area contributed by atoms with Gasteiger partial charge in [0.15, 0.2) is 5.82 Å². The van der Waals surface area contributed by atoms with Crippen LogP contribution in [0, 0.1) is 11.6 Å². The molecule has 0 saturated heterocycles. The topological polar surface area (TPSA) is 28.7 Å². The molecule has 3 aromatic rings. The fourth-order valence-electron chi connectivity index (χ4n) is 2.42. The van der Waals surface area contributed by atoms with E-state index < -0.39 is 11.6 Å². The Hall–Kier alpha value is -1.40. The number of halogens is 2. The van der Waals surface area contributed by atoms with Crippen LogP contribution in [-0.4, -0.2) is 15.7 Å². The summed E-state index contributed by atoms with van der Waals surface area (Å²) in [7, 11) is 0. The van der Waals surface area contributed by atoms with Crippen LogP contribution in [0.2, 0.25) is 0 Å². The van der Waals surface area contributed by atoms with Crippen molar-refractivity contribution in [3.05, 3.63) is 40.3 Å². The van der Waals surface area contributed by atoms with Gasteiger partial charge in [0.2, 0.25) is 0 Å². The van der Waals surface area contributed by atoms with Gasteiger partial charge in [0.1, 0.15) is 17.2 Å². The Bertz CT molecular complexity index is 783. The van der Waals surface area contributed by atoms with E-state index in [1.54, 1.807) is 11.3 Å². The highest BCUT2D eigenvalue weighted by Crippen LogP contribution is 2.36. The van der Waals surface area contributed by atoms with E-state index in [2.05, 4.69) is 16.0 Å². The third-order valence-corrected chi connectivity index (χ3v) is 5.62. The summed E-state index contributed by atoms with van der Waals surface area (Å²) >= 11 is 3.61. The van der Waals surface area contributed by atoms with E-state index in [1.165, 1.54) is 16.5 Å². The number of aryl methyl sites for hydroxylation is 1. The second-order valence-corrected chi connectivity index (χ2v) is 6.97. The van der Waals surface area contributed by atoms with Crippen molar-refractivity contribution < 1.29 is 8.78 Å². The van der Waals surface area contributed by atoms with E-state index in [1.807, 2.05) is 11.8 Å². The quantitative estimate of drug-likeness (QED) is 0.723. The smallest absolute Gasteiger partial charge is 0.153 e. The zero-order valence-corrected chi connectivity index (χ0v) is 12.0. The number of H-pyrrole nitrogens is 1. The number of aromatic nitrogens is 2. The van der Waals surface area contributed by atoms with Gasteiger partial charge in [0.05, 0.1) is 10.4 Å². The first kappa shape index (κ1) is 12.3. The lowest BCUT2D eigenvalue weighted by Gasteiger charge is -2.08. The molecule has 1 aromatic carbocycles. The molecule has 0 saturated carbocycles. The molecule has 0 bridgehead atoms. The van der Waals surface area contributed by atoms with Gasteiger partial charge in [0, 0.05) is 16.7 Å². The summed E-state index contributed by atoms with van der Waals surface area (Å²) in [6.45, 7) is 0. The van der Waals surface area contributed by atoms with Crippen molar-refractivity contribution in [3.8, 4) is 10.7 Å². The lowest BCUT2D eigenvalue weighted by molar-refractivity contribution is 0.591. The molecular formula is C14H10F2N2S2. The van der Waals surface area contributed by atoms with Gasteiger partial charge in [-0.1, -0.05) is 0 Å². The predicted octanol–water partition coefficient (Wildman–Crippen LogP) is 4.36. The molecule has 2 aromatic heterocycles. The van der Waals surface area contributed by atoms with Crippen molar-refractivity contribution in [2.24, 2.45) is 0 Å². The molecule has 4 rings (SSSR count). The number of benzene rings is 1. The zero-order chi connectivity index (χ0) is 13.7. The molecule has 0 spiro atoms. The summed E-state index contributed by atoms with van der Waals surface area (Å²) in [4.78, 5) is 9.66. The highest BCUT2D eigenvalue weighted by Gasteiger charge is 2.17. The number of fused-ring (bicyclic) bond motifs is 2. The monoisotopic (exact) mass is 308 g/mol. The highest BCUT2D eigenvalue weighted by atomic mass is 32.2. The fourth-order valence-corrected chi connectivity index (χ4v) is 4.74. The maximum absolute atomic E-state index is 13.7. The van der Waals surface area contributed by atoms with E-state index in [-0.39, 0.29) is 5.52 Å². The molecule has 102 valence electrons. The molecule has 0 radical (unpaired) electrons. The summed E-state index contributed by atoms with van der Waals surface area (Å²) < 4.78 is 26.9. The summed E-state index contributed by atoms with van der Waals surface area (Å²) in [6, 6.07) is 4.25. The molecule has 2 nitrogen and oxygen atoms in total. The first-order chi connectivity index (χ1) is 9.70. The molecular weight excluding hydrogens is 298 g/mol. The van der Waals surface area contributed by atoms with E-state index in [9.17, 15) is 8.78 Å². The Balaban J connectivity index is 1.85. The lowest BCUT2D eigenvalue weighted by atomic mass is 10.2. The lowest BCUT2D eigenvalue weighted by Crippen LogP contribution is -1.96. The van der Waals surface area contributed by atoms with E-state index in [0.29, 0.717) is 11.3 Å². The second kappa shape index (κ2) is 4.56. The van der Waals surface area contributed by atoms with Crippen LogP contribution in [0.1, 0.15) is 10.4 Å². The van der Waals surface area contributed by atoms with E-state index in [4.69, 9.17) is 0 Å². The highest BCUT2D eigenvalue weighted by molar-refractivity contribution is 7.98. The molecule has 1 aliphatic heterocycles. The molecule has 6 heteroatoms. The van der Waals surface area contributed by atoms with Crippen LogP contribution in [0.5, 0.6) is 0 Å². The van der Waals surface area contributed by atoms with Gasteiger partial charge >= 0.3 is 0 Å². The number of nitrogens with zero attached hydrogens (tertiary/aromatic N) is 1. The van der Waals surface area contributed by atoms with Crippen molar-refractivity contribution in [1.82, 2.24) is 9.97 Å². The average Bonchev–Trinajstić information content (AvgIpc) is 3.01. The van der Waals surface area contributed by atoms with Crippen molar-refractivity contribution in [2.45, 2.75) is 12.2 Å². The first-order valence-electron chi connectivity index (χ1n) is 6.25. The summed E-state index contributed by atoms with van der Waals surface area (Å²) in [5, 5.41) is 0. The Morgan fingerprint density at radius 2 is 2.10 bits per heavy atom. The number of nitrogens with one attached hydrogen (secondary N) is 1. The van der Waals surface area contributed by atoms with Gasteiger partial charge in [-0.05, 0) is 29.9 Å². The van der Waals surface area contributed by atoms with Gasteiger partial charge < -0.3 is 4.98 Å². The molecule has 0 atom stereocenters. The normalized spacial score (nSPS) is 14.7. The number of imidazole rings is 1. The van der Waals surface area contributed by atoms with Gasteiger partial charge in [-0.3, -0.25) is 0 Å². The minimum atomic E-state index is -0.626. The maximum Gasteiger partial charge on any atom is 0.153 e. The number of hydrogen-bond donors (Lipinski definition) is 1. The molecule has 3 heterocycles. The second-order valence-electron chi connectivity index (χ2n) is 4.73. The van der Waals surface area contributed by atoms with Crippen LogP contribution in [0.4, 0.5) is 8.78 Å². The maximum atomic E-state index is 13.7. The molecule has 1 aliphatic rings. The van der Waals surface area contributed by atoms with Gasteiger partial charge in [-0.15, -0.1) is 11.3 Å². The van der Waals surface area contributed by atoms with Gasteiger partial charge in [-0.2, -0.15) is 11.8 Å². The van der Waals surface area contributed by atoms with Crippen molar-refractivity contribution in [3.63, 3.8) is 0 Å². The van der Waals surface area contributed by atoms with Gasteiger partial charge in [0.25, 0.3) is 0 Å². The molecule has 0 amide bonds. The van der Waals surface area contributed by atoms with Crippen LogP contribution in [0.3, 0.4) is 0 Å². The SMILES string of the molecule is Fc1cc(F)c2nc(-c3cc4c(s3)CCSC4)[nH]c2c1. The van der Waals surface area contributed by atoms with Crippen LogP contribution in [0.25, 0.3) is 21.7 Å². The molecule has 0 unspecified atom stereocenters. The minimum Gasteiger partial charge on any atom is -0.337 e. The third-order valence-electron chi connectivity index (χ3n) is 3.37. The molecule has 0 aliphatic carbocycles. The molecule has 20 heavy (non-hydrogen) atoms. The Labute approximate surface area is 122 Å². The summed E-state index contributed by atoms with van der Waals surface area (Å²) in [5.41, 5.74) is 1.94. The van der Waals surface area contributed by atoms with Crippen molar-refractivity contribution in [2.75, 3.05) is 5.75 Å². The number of thioether (sulfide) groups is 1. The standard InChI is InChI=1S/C14H10F2N2S2/c15-8-4-9(16)13-10(5-8)17-14(18-13)12-3-7-6-19-2-1-11(7)20-12/h3-5H,1-2,6H2,(H,17,18). The van der Waals surface area contributed by atoms with Crippen LogP contribution < -0.4 is 0 Å². The third kappa shape index (κ3) is 1.94. The van der Waals surface area contributed by atoms with Gasteiger partial charge in [-0.25, -0.2) is 13.8 Å². The Morgan fingerprint density at radius 3 is 2.95 bits per heavy atom. The van der Waals surface area contributed by atoms with Crippen LogP contribution in [-0.2, 0) is 12.2 Å². The van der Waals surface area contributed by atoms with E-state index >= 15 is 0 Å². The van der Waals surface area contributed by atoms with Crippen LogP contribution in [0.15, 0.2) is 18.2 Å². The average molecular weight is 308 g/mol. The van der Waals surface area contributed by atoms with Crippen molar-refractivity contribution >= 4 is 34.1 Å². The fraction of sp³-hybridized carbons (Fsp3) is 0.214. The molecule has 0 fully saturated rings. The minimum absolute atomic E-state index is 0.196. The summed E-state index contributed by atoms with van der Waals surface area (Å²) in [6.07, 6.45) is 1.08. The number of thiophene rings is 1. The van der Waals surface area contributed by atoms with E-state index in [0.717, 1.165) is 28.9 Å². The number of rotatable bonds is 1. The van der Waals surface area contributed by atoms with Crippen LogP contribution >= 0.6 is 23.1 Å². The Kier molecular flexibility index (Phi) is 2.82. The predicted molar refractivity (Wildman–Crippen MR) is 79.2 cm³/mol. The largest absolute Gasteiger partial charge is 0.337 e. The zero-order valence-electron chi connectivity index (χ0n) is 10.4. The Morgan fingerprint density at radius 1 is 1.20 bits per heavy atom. The number of hydrogen-bond acceptors (Lipinski definition) is 3. The number of aromatic amines is 1. The van der Waals surface area contributed by atoms with Crippen molar-refractivity contribution in [1.29, 1.82) is 0 Å². The molecule has 1 N–H and O–H groups in total.